The van der Waals surface area contributed by atoms with Crippen molar-refractivity contribution in [2.24, 2.45) is 5.92 Å². The van der Waals surface area contributed by atoms with Crippen LogP contribution in [0.3, 0.4) is 0 Å². The molecule has 3 fully saturated rings. The van der Waals surface area contributed by atoms with Gasteiger partial charge in [0.2, 0.25) is 10.0 Å². The molecular weight excluding hydrogens is 310 g/mol. The van der Waals surface area contributed by atoms with E-state index in [4.69, 9.17) is 0 Å². The van der Waals surface area contributed by atoms with Gasteiger partial charge in [0.05, 0.1) is 6.26 Å². The number of nitrogens with zero attached hydrogens (tertiary/aromatic N) is 3. The summed E-state index contributed by atoms with van der Waals surface area (Å²) in [7, 11) is -3.11. The van der Waals surface area contributed by atoms with Crippen LogP contribution >= 0.6 is 0 Å². The van der Waals surface area contributed by atoms with Gasteiger partial charge >= 0.3 is 0 Å². The van der Waals surface area contributed by atoms with Crippen LogP contribution in [0.5, 0.6) is 0 Å². The van der Waals surface area contributed by atoms with Crippen LogP contribution in [0.2, 0.25) is 0 Å². The van der Waals surface area contributed by atoms with E-state index in [-0.39, 0.29) is 6.04 Å². The minimum atomic E-state index is -3.11. The molecule has 23 heavy (non-hydrogen) atoms. The lowest BCUT2D eigenvalue weighted by Gasteiger charge is -2.38. The van der Waals surface area contributed by atoms with E-state index in [9.17, 15) is 8.42 Å². The maximum atomic E-state index is 12.3. The lowest BCUT2D eigenvalue weighted by atomic mass is 10.1. The second kappa shape index (κ2) is 7.81. The van der Waals surface area contributed by atoms with Crippen molar-refractivity contribution in [2.75, 3.05) is 52.1 Å². The Balaban J connectivity index is 1.52. The minimum Gasteiger partial charge on any atom is -0.303 e. The molecule has 3 rings (SSSR count). The van der Waals surface area contributed by atoms with E-state index < -0.39 is 10.0 Å². The molecule has 2 heterocycles. The van der Waals surface area contributed by atoms with Gasteiger partial charge in [-0.3, -0.25) is 0 Å². The van der Waals surface area contributed by atoms with Crippen LogP contribution in [-0.4, -0.2) is 80.6 Å². The minimum absolute atomic E-state index is 0.191. The van der Waals surface area contributed by atoms with Gasteiger partial charge in [0, 0.05) is 25.7 Å². The summed E-state index contributed by atoms with van der Waals surface area (Å²) in [6, 6.07) is 0.191. The molecule has 1 unspecified atom stereocenters. The molecule has 3 aliphatic rings. The normalized spacial score (nSPS) is 27.8. The third-order valence-corrected chi connectivity index (χ3v) is 6.91. The van der Waals surface area contributed by atoms with Crippen molar-refractivity contribution in [1.82, 2.24) is 14.1 Å². The highest BCUT2D eigenvalue weighted by atomic mass is 32.2. The maximum absolute atomic E-state index is 12.3. The number of rotatable bonds is 8. The van der Waals surface area contributed by atoms with Crippen LogP contribution in [0.15, 0.2) is 0 Å². The van der Waals surface area contributed by atoms with Crippen LogP contribution in [0.1, 0.15) is 44.9 Å². The highest BCUT2D eigenvalue weighted by Crippen LogP contribution is 2.31. The predicted molar refractivity (Wildman–Crippen MR) is 94.0 cm³/mol. The van der Waals surface area contributed by atoms with Crippen molar-refractivity contribution in [3.05, 3.63) is 0 Å². The Kier molecular flexibility index (Phi) is 5.99. The highest BCUT2D eigenvalue weighted by Gasteiger charge is 2.33. The molecule has 0 aromatic carbocycles. The molecule has 5 nitrogen and oxygen atoms in total. The van der Waals surface area contributed by atoms with E-state index >= 15 is 0 Å². The topological polar surface area (TPSA) is 43.9 Å². The van der Waals surface area contributed by atoms with Gasteiger partial charge in [-0.15, -0.1) is 0 Å². The van der Waals surface area contributed by atoms with Crippen LogP contribution < -0.4 is 0 Å². The first-order chi connectivity index (χ1) is 11.0. The van der Waals surface area contributed by atoms with E-state index in [2.05, 4.69) is 9.80 Å². The Bertz CT molecular complexity index is 472. The van der Waals surface area contributed by atoms with Gasteiger partial charge in [0.25, 0.3) is 0 Å². The Morgan fingerprint density at radius 3 is 2.35 bits per heavy atom. The number of hydrogen-bond acceptors (Lipinski definition) is 4. The number of likely N-dealkylation sites (tertiary alicyclic amines) is 2. The molecule has 6 heteroatoms. The van der Waals surface area contributed by atoms with E-state index in [1.807, 2.05) is 4.31 Å². The summed E-state index contributed by atoms with van der Waals surface area (Å²) in [5.41, 5.74) is 0. The highest BCUT2D eigenvalue weighted by molar-refractivity contribution is 7.88. The first-order valence-electron chi connectivity index (χ1n) is 9.44. The summed E-state index contributed by atoms with van der Waals surface area (Å²) in [5.74, 6) is 0.885. The largest absolute Gasteiger partial charge is 0.303 e. The number of piperidine rings is 1. The average molecular weight is 344 g/mol. The second-order valence-corrected chi connectivity index (χ2v) is 9.71. The van der Waals surface area contributed by atoms with Gasteiger partial charge in [-0.2, -0.15) is 4.31 Å². The van der Waals surface area contributed by atoms with Crippen molar-refractivity contribution in [2.45, 2.75) is 51.0 Å². The van der Waals surface area contributed by atoms with Gasteiger partial charge in [-0.1, -0.05) is 0 Å². The molecule has 2 saturated heterocycles. The summed E-state index contributed by atoms with van der Waals surface area (Å²) in [4.78, 5) is 4.98. The molecule has 0 bridgehead atoms. The smallest absolute Gasteiger partial charge is 0.211 e. The van der Waals surface area contributed by atoms with Gasteiger partial charge in [0.15, 0.2) is 0 Å². The third kappa shape index (κ3) is 5.41. The Morgan fingerprint density at radius 2 is 1.70 bits per heavy atom. The molecule has 0 amide bonds. The summed E-state index contributed by atoms with van der Waals surface area (Å²) in [5, 5.41) is 0. The summed E-state index contributed by atoms with van der Waals surface area (Å²) < 4.78 is 26.4. The van der Waals surface area contributed by atoms with Crippen molar-refractivity contribution in [3.63, 3.8) is 0 Å². The number of sulfonamides is 1. The quantitative estimate of drug-likeness (QED) is 0.672. The van der Waals surface area contributed by atoms with Gasteiger partial charge in [-0.05, 0) is 77.0 Å². The first kappa shape index (κ1) is 17.6. The summed E-state index contributed by atoms with van der Waals surface area (Å²) >= 11 is 0. The molecule has 1 aliphatic carbocycles. The zero-order chi connectivity index (χ0) is 16.3. The lowest BCUT2D eigenvalue weighted by Crippen LogP contribution is -2.50. The van der Waals surface area contributed by atoms with Crippen LogP contribution in [0, 0.1) is 5.92 Å². The lowest BCUT2D eigenvalue weighted by molar-refractivity contribution is 0.141. The van der Waals surface area contributed by atoms with E-state index in [0.717, 1.165) is 44.8 Å². The Hall–Kier alpha value is -0.170. The standard InChI is InChI=1S/C17H33N3O2S/c1-23(21,22)20(13-5-12-18-9-2-3-10-18)17-6-4-11-19(15-17)14-16-7-8-16/h16-17H,2-15H2,1H3. The molecule has 1 saturated carbocycles. The molecule has 0 N–H and O–H groups in total. The third-order valence-electron chi connectivity index (χ3n) is 5.58. The average Bonchev–Trinajstić information content (AvgIpc) is 3.14. The monoisotopic (exact) mass is 343 g/mol. The van der Waals surface area contributed by atoms with Crippen LogP contribution in [0.4, 0.5) is 0 Å². The van der Waals surface area contributed by atoms with E-state index in [1.165, 1.54) is 51.6 Å². The van der Waals surface area contributed by atoms with Crippen LogP contribution in [-0.2, 0) is 10.0 Å². The van der Waals surface area contributed by atoms with Gasteiger partial charge in [-0.25, -0.2) is 8.42 Å². The maximum Gasteiger partial charge on any atom is 0.211 e. The SMILES string of the molecule is CS(=O)(=O)N(CCCN1CCCC1)C1CCCN(CC2CC2)C1. The zero-order valence-corrected chi connectivity index (χ0v) is 15.4. The van der Waals surface area contributed by atoms with Crippen molar-refractivity contribution >= 4 is 10.0 Å². The fraction of sp³-hybridized carbons (Fsp3) is 1.00. The van der Waals surface area contributed by atoms with E-state index in [1.54, 1.807) is 0 Å². The molecule has 0 aromatic heterocycles. The molecule has 0 aromatic rings. The van der Waals surface area contributed by atoms with Gasteiger partial charge in [0.1, 0.15) is 0 Å². The summed E-state index contributed by atoms with van der Waals surface area (Å²) in [6.07, 6.45) is 9.85. The predicted octanol–water partition coefficient (Wildman–Crippen LogP) is 1.61. The second-order valence-electron chi connectivity index (χ2n) is 7.78. The summed E-state index contributed by atoms with van der Waals surface area (Å²) in [6.45, 7) is 7.39. The number of hydrogen-bond donors (Lipinski definition) is 0. The molecule has 134 valence electrons. The van der Waals surface area contributed by atoms with Crippen molar-refractivity contribution in [1.29, 1.82) is 0 Å². The molecular formula is C17H33N3O2S. The van der Waals surface area contributed by atoms with E-state index in [0.29, 0.717) is 6.54 Å². The van der Waals surface area contributed by atoms with Crippen molar-refractivity contribution < 1.29 is 8.42 Å². The van der Waals surface area contributed by atoms with Crippen LogP contribution in [0.25, 0.3) is 0 Å². The Labute approximate surface area is 142 Å². The molecule has 2 aliphatic heterocycles. The molecule has 0 spiro atoms. The molecule has 0 radical (unpaired) electrons. The van der Waals surface area contributed by atoms with Crippen molar-refractivity contribution in [3.8, 4) is 0 Å². The fourth-order valence-corrected chi connectivity index (χ4v) is 5.35. The van der Waals surface area contributed by atoms with Gasteiger partial charge < -0.3 is 9.80 Å². The fourth-order valence-electron chi connectivity index (χ4n) is 4.17. The zero-order valence-electron chi connectivity index (χ0n) is 14.6. The Morgan fingerprint density at radius 1 is 1.00 bits per heavy atom. The first-order valence-corrected chi connectivity index (χ1v) is 11.3. The molecule has 1 atom stereocenters.